The zero-order valence-electron chi connectivity index (χ0n) is 10.9. The van der Waals surface area contributed by atoms with E-state index in [-0.39, 0.29) is 0 Å². The van der Waals surface area contributed by atoms with E-state index >= 15 is 0 Å². The maximum absolute atomic E-state index is 4.59. The summed E-state index contributed by atoms with van der Waals surface area (Å²) in [7, 11) is 0. The van der Waals surface area contributed by atoms with Crippen molar-refractivity contribution in [3.63, 3.8) is 0 Å². The van der Waals surface area contributed by atoms with Crippen molar-refractivity contribution < 1.29 is 0 Å². The molecular weight excluding hydrogens is 286 g/mol. The van der Waals surface area contributed by atoms with Crippen LogP contribution in [0.4, 0.5) is 10.9 Å². The van der Waals surface area contributed by atoms with Gasteiger partial charge in [-0.3, -0.25) is 0 Å². The van der Waals surface area contributed by atoms with Crippen LogP contribution in [0, 0.1) is 0 Å². The van der Waals surface area contributed by atoms with E-state index in [0.29, 0.717) is 0 Å². The number of nitrogens with one attached hydrogen (secondary N) is 1. The number of benzene rings is 1. The highest BCUT2D eigenvalue weighted by Crippen LogP contribution is 2.27. The number of thioether (sulfide) groups is 1. The maximum Gasteiger partial charge on any atom is 0.188 e. The fraction of sp³-hybridized carbons (Fsp3) is 0.0667. The Morgan fingerprint density at radius 3 is 2.65 bits per heavy atom. The highest BCUT2D eigenvalue weighted by atomic mass is 32.2. The Hall–Kier alpha value is -1.85. The van der Waals surface area contributed by atoms with Crippen LogP contribution < -0.4 is 5.32 Å². The molecule has 100 valence electrons. The SMILES string of the molecule is CSc1ccc(-c2csc(Nc3ccccn3)n2)cc1. The summed E-state index contributed by atoms with van der Waals surface area (Å²) in [6.07, 6.45) is 3.84. The molecular formula is C15H13N3S2. The number of aromatic nitrogens is 2. The van der Waals surface area contributed by atoms with Crippen LogP contribution in [0.15, 0.2) is 58.9 Å². The lowest BCUT2D eigenvalue weighted by Gasteiger charge is -2.00. The number of rotatable bonds is 4. The molecule has 0 bridgehead atoms. The molecule has 0 radical (unpaired) electrons. The Morgan fingerprint density at radius 1 is 1.10 bits per heavy atom. The zero-order valence-corrected chi connectivity index (χ0v) is 12.5. The van der Waals surface area contributed by atoms with Gasteiger partial charge in [-0.2, -0.15) is 0 Å². The summed E-state index contributed by atoms with van der Waals surface area (Å²) < 4.78 is 0. The monoisotopic (exact) mass is 299 g/mol. The molecule has 2 heterocycles. The Kier molecular flexibility index (Phi) is 3.99. The summed E-state index contributed by atoms with van der Waals surface area (Å²) in [5, 5.41) is 6.12. The molecule has 0 saturated heterocycles. The van der Waals surface area contributed by atoms with E-state index < -0.39 is 0 Å². The summed E-state index contributed by atoms with van der Waals surface area (Å²) >= 11 is 3.32. The van der Waals surface area contributed by atoms with Crippen molar-refractivity contribution in [1.29, 1.82) is 0 Å². The van der Waals surface area contributed by atoms with Gasteiger partial charge in [-0.1, -0.05) is 18.2 Å². The molecule has 0 spiro atoms. The first-order valence-electron chi connectivity index (χ1n) is 6.13. The van der Waals surface area contributed by atoms with Gasteiger partial charge in [0.2, 0.25) is 0 Å². The fourth-order valence-electron chi connectivity index (χ4n) is 1.77. The molecule has 0 unspecified atom stereocenters. The van der Waals surface area contributed by atoms with Gasteiger partial charge in [-0.05, 0) is 30.5 Å². The van der Waals surface area contributed by atoms with Crippen molar-refractivity contribution in [2.75, 3.05) is 11.6 Å². The Labute approximate surface area is 126 Å². The second-order valence-corrected chi connectivity index (χ2v) is 5.84. The van der Waals surface area contributed by atoms with Crippen molar-refractivity contribution >= 4 is 34.0 Å². The standard InChI is InChI=1S/C15H13N3S2/c1-19-12-7-5-11(6-8-12)13-10-20-15(17-13)18-14-4-2-3-9-16-14/h2-10H,1H3,(H,16,17,18). The molecule has 3 rings (SSSR count). The van der Waals surface area contributed by atoms with Crippen LogP contribution in [-0.4, -0.2) is 16.2 Å². The third kappa shape index (κ3) is 3.00. The van der Waals surface area contributed by atoms with Gasteiger partial charge >= 0.3 is 0 Å². The summed E-state index contributed by atoms with van der Waals surface area (Å²) in [6.45, 7) is 0. The van der Waals surface area contributed by atoms with E-state index in [1.54, 1.807) is 29.3 Å². The number of hydrogen-bond acceptors (Lipinski definition) is 5. The van der Waals surface area contributed by atoms with Gasteiger partial charge in [0.05, 0.1) is 5.69 Å². The van der Waals surface area contributed by atoms with E-state index in [4.69, 9.17) is 0 Å². The minimum atomic E-state index is 0.811. The van der Waals surface area contributed by atoms with E-state index in [0.717, 1.165) is 22.2 Å². The summed E-state index contributed by atoms with van der Waals surface area (Å²) in [5.74, 6) is 0.811. The maximum atomic E-state index is 4.59. The Balaban J connectivity index is 1.79. The first-order valence-corrected chi connectivity index (χ1v) is 8.23. The average molecular weight is 299 g/mol. The first-order chi connectivity index (χ1) is 9.85. The van der Waals surface area contributed by atoms with Crippen LogP contribution in [-0.2, 0) is 0 Å². The molecule has 0 atom stereocenters. The second kappa shape index (κ2) is 6.07. The Morgan fingerprint density at radius 2 is 1.95 bits per heavy atom. The molecule has 2 aromatic heterocycles. The van der Waals surface area contributed by atoms with Gasteiger partial charge in [0.15, 0.2) is 5.13 Å². The van der Waals surface area contributed by atoms with Crippen molar-refractivity contribution in [2.45, 2.75) is 4.90 Å². The molecule has 3 nitrogen and oxygen atoms in total. The molecule has 1 N–H and O–H groups in total. The highest BCUT2D eigenvalue weighted by Gasteiger charge is 2.05. The van der Waals surface area contributed by atoms with E-state index in [9.17, 15) is 0 Å². The number of pyridine rings is 1. The lowest BCUT2D eigenvalue weighted by atomic mass is 10.2. The summed E-state index contributed by atoms with van der Waals surface area (Å²) in [4.78, 5) is 10.1. The van der Waals surface area contributed by atoms with Gasteiger partial charge in [-0.25, -0.2) is 9.97 Å². The van der Waals surface area contributed by atoms with Crippen LogP contribution in [0.3, 0.4) is 0 Å². The normalized spacial score (nSPS) is 10.4. The molecule has 5 heteroatoms. The number of hydrogen-bond donors (Lipinski definition) is 1. The van der Waals surface area contributed by atoms with E-state index in [2.05, 4.69) is 51.2 Å². The third-order valence-corrected chi connectivity index (χ3v) is 4.29. The highest BCUT2D eigenvalue weighted by molar-refractivity contribution is 7.98. The fourth-order valence-corrected chi connectivity index (χ4v) is 2.91. The molecule has 3 aromatic rings. The van der Waals surface area contributed by atoms with Crippen molar-refractivity contribution in [1.82, 2.24) is 9.97 Å². The minimum absolute atomic E-state index is 0.811. The van der Waals surface area contributed by atoms with Gasteiger partial charge < -0.3 is 5.32 Å². The molecule has 0 amide bonds. The number of nitrogens with zero attached hydrogens (tertiary/aromatic N) is 2. The van der Waals surface area contributed by atoms with Crippen LogP contribution in [0.2, 0.25) is 0 Å². The quantitative estimate of drug-likeness (QED) is 0.710. The molecule has 0 saturated carbocycles. The van der Waals surface area contributed by atoms with Gasteiger partial charge in [0, 0.05) is 22.0 Å². The smallest absolute Gasteiger partial charge is 0.188 e. The third-order valence-electron chi connectivity index (χ3n) is 2.79. The predicted octanol–water partition coefficient (Wildman–Crippen LogP) is 4.67. The van der Waals surface area contributed by atoms with Gasteiger partial charge in [0.25, 0.3) is 0 Å². The molecule has 20 heavy (non-hydrogen) atoms. The van der Waals surface area contributed by atoms with Crippen molar-refractivity contribution in [3.8, 4) is 11.3 Å². The number of anilines is 2. The molecule has 0 aliphatic rings. The largest absolute Gasteiger partial charge is 0.316 e. The number of thiazole rings is 1. The first kappa shape index (κ1) is 13.1. The van der Waals surface area contributed by atoms with Crippen LogP contribution in [0.25, 0.3) is 11.3 Å². The van der Waals surface area contributed by atoms with Crippen LogP contribution in [0.5, 0.6) is 0 Å². The molecule has 1 aromatic carbocycles. The zero-order chi connectivity index (χ0) is 13.8. The van der Waals surface area contributed by atoms with Crippen LogP contribution >= 0.6 is 23.1 Å². The van der Waals surface area contributed by atoms with Crippen molar-refractivity contribution in [2.24, 2.45) is 0 Å². The van der Waals surface area contributed by atoms with E-state index in [1.165, 1.54) is 4.90 Å². The van der Waals surface area contributed by atoms with Crippen molar-refractivity contribution in [3.05, 3.63) is 54.0 Å². The van der Waals surface area contributed by atoms with Gasteiger partial charge in [0.1, 0.15) is 5.82 Å². The molecule has 0 aliphatic carbocycles. The minimum Gasteiger partial charge on any atom is -0.316 e. The summed E-state index contributed by atoms with van der Waals surface area (Å²) in [6, 6.07) is 14.2. The molecule has 0 fully saturated rings. The second-order valence-electron chi connectivity index (χ2n) is 4.11. The van der Waals surface area contributed by atoms with E-state index in [1.807, 2.05) is 18.2 Å². The average Bonchev–Trinajstić information content (AvgIpc) is 2.97. The van der Waals surface area contributed by atoms with Crippen LogP contribution in [0.1, 0.15) is 0 Å². The molecule has 0 aliphatic heterocycles. The topological polar surface area (TPSA) is 37.8 Å². The lowest BCUT2D eigenvalue weighted by Crippen LogP contribution is -1.91. The lowest BCUT2D eigenvalue weighted by molar-refractivity contribution is 1.29. The summed E-state index contributed by atoms with van der Waals surface area (Å²) in [5.41, 5.74) is 2.12. The Bertz CT molecular complexity index is 678. The predicted molar refractivity (Wildman–Crippen MR) is 86.9 cm³/mol. The van der Waals surface area contributed by atoms with Gasteiger partial charge in [-0.15, -0.1) is 23.1 Å².